The number of carboxylic acid groups (broad SMARTS) is 1. The van der Waals surface area contributed by atoms with E-state index >= 15 is 0 Å². The van der Waals surface area contributed by atoms with Gasteiger partial charge in [-0.05, 0) is 117 Å². The third kappa shape index (κ3) is 16.3. The van der Waals surface area contributed by atoms with Crippen molar-refractivity contribution in [2.75, 3.05) is 28.4 Å². The Kier molecular flexibility index (Phi) is 22.2. The minimum absolute atomic E-state index is 0. The molecule has 0 aliphatic heterocycles. The number of aryl methyl sites for hydroxylation is 4. The predicted octanol–water partition coefficient (Wildman–Crippen LogP) is 13.0. The van der Waals surface area contributed by atoms with Gasteiger partial charge in [0.05, 0.1) is 40.8 Å². The van der Waals surface area contributed by atoms with Crippen molar-refractivity contribution in [3.8, 4) is 11.5 Å². The summed E-state index contributed by atoms with van der Waals surface area (Å²) in [6.07, 6.45) is 12.1. The molecule has 1 N–H and O–H groups in total. The Morgan fingerprint density at radius 1 is 0.619 bits per heavy atom. The summed E-state index contributed by atoms with van der Waals surface area (Å²) in [4.78, 5) is 35.5. The molecule has 1 unspecified atom stereocenters. The molecule has 10 heteroatoms. The molecule has 63 heavy (non-hydrogen) atoms. The lowest BCUT2D eigenvalue weighted by molar-refractivity contribution is -0.143. The van der Waals surface area contributed by atoms with Crippen LogP contribution in [0.15, 0.2) is 84.9 Å². The Hall–Kier alpha value is -4.41. The largest absolute Gasteiger partial charge is 0.497 e. The van der Waals surface area contributed by atoms with Crippen molar-refractivity contribution in [2.45, 2.75) is 139 Å². The van der Waals surface area contributed by atoms with Crippen molar-refractivity contribution < 1.29 is 38.4 Å². The maximum absolute atomic E-state index is 12.9. The fraction of sp³-hybridized carbons (Fsp3) is 0.491. The van der Waals surface area contributed by atoms with Gasteiger partial charge in [0.1, 0.15) is 16.2 Å². The van der Waals surface area contributed by atoms with E-state index < -0.39 is 10.7 Å². The number of carbonyl (C=O) groups excluding carboxylic acids is 2. The van der Waals surface area contributed by atoms with Gasteiger partial charge in [0.15, 0.2) is 0 Å². The van der Waals surface area contributed by atoms with E-state index in [-0.39, 0.29) is 30.0 Å². The van der Waals surface area contributed by atoms with E-state index in [1.54, 1.807) is 26.0 Å². The zero-order valence-electron chi connectivity index (χ0n) is 38.2. The van der Waals surface area contributed by atoms with Crippen LogP contribution >= 0.6 is 23.5 Å². The van der Waals surface area contributed by atoms with Crippen LogP contribution in [0.4, 0.5) is 0 Å². The number of hydrogen-bond acceptors (Lipinski definition) is 9. The van der Waals surface area contributed by atoms with E-state index in [4.69, 9.17) is 14.2 Å². The highest BCUT2D eigenvalue weighted by Crippen LogP contribution is 2.48. The molecule has 344 valence electrons. The van der Waals surface area contributed by atoms with Crippen LogP contribution in [-0.4, -0.2) is 60.9 Å². The quantitative estimate of drug-likeness (QED) is 0.116. The van der Waals surface area contributed by atoms with Gasteiger partial charge >= 0.3 is 17.9 Å². The van der Waals surface area contributed by atoms with Gasteiger partial charge in [-0.15, -0.1) is 11.8 Å². The highest BCUT2D eigenvalue weighted by molar-refractivity contribution is 8.00. The lowest BCUT2D eigenvalue weighted by Gasteiger charge is -2.39. The van der Waals surface area contributed by atoms with Crippen LogP contribution in [0.25, 0.3) is 0 Å². The molecule has 2 aliphatic carbocycles. The van der Waals surface area contributed by atoms with E-state index in [2.05, 4.69) is 48.9 Å². The van der Waals surface area contributed by atoms with Gasteiger partial charge in [0.2, 0.25) is 0 Å². The second-order valence-electron chi connectivity index (χ2n) is 16.7. The number of thioether (sulfide) groups is 2. The third-order valence-corrected chi connectivity index (χ3v) is 15.4. The van der Waals surface area contributed by atoms with E-state index in [0.29, 0.717) is 6.42 Å². The molecular weight excluding hydrogens is 829 g/mol. The van der Waals surface area contributed by atoms with E-state index in [9.17, 15) is 19.5 Å². The molecule has 1 atom stereocenters. The summed E-state index contributed by atoms with van der Waals surface area (Å²) in [5, 5.41) is 9.51. The first-order valence-corrected chi connectivity index (χ1v) is 23.8. The van der Waals surface area contributed by atoms with E-state index in [1.807, 2.05) is 80.2 Å². The van der Waals surface area contributed by atoms with Crippen LogP contribution in [0.1, 0.15) is 128 Å². The van der Waals surface area contributed by atoms with Crippen LogP contribution in [0.3, 0.4) is 0 Å². The van der Waals surface area contributed by atoms with Crippen molar-refractivity contribution in [3.05, 3.63) is 129 Å². The first kappa shape index (κ1) is 52.9. The lowest BCUT2D eigenvalue weighted by atomic mass is 9.78. The van der Waals surface area contributed by atoms with E-state index in [0.717, 1.165) is 96.6 Å². The summed E-state index contributed by atoms with van der Waals surface area (Å²) in [6, 6.07) is 28.7. The Morgan fingerprint density at radius 2 is 1.11 bits per heavy atom. The number of rotatable bonds is 15. The highest BCUT2D eigenvalue weighted by Gasteiger charge is 2.40. The topological polar surface area (TPSA) is 108 Å². The minimum Gasteiger partial charge on any atom is -0.497 e. The number of esters is 2. The number of carboxylic acids is 1. The summed E-state index contributed by atoms with van der Waals surface area (Å²) >= 11 is 3.60. The molecule has 2 fully saturated rings. The van der Waals surface area contributed by atoms with Crippen LogP contribution in [0.5, 0.6) is 11.5 Å². The summed E-state index contributed by atoms with van der Waals surface area (Å²) in [5.41, 5.74) is 9.28. The maximum Gasteiger partial charge on any atom is 0.319 e. The van der Waals surface area contributed by atoms with Gasteiger partial charge in [-0.25, -0.2) is 0 Å². The van der Waals surface area contributed by atoms with Gasteiger partial charge in [0, 0.05) is 16.3 Å². The molecule has 2 saturated carbocycles. The summed E-state index contributed by atoms with van der Waals surface area (Å²) in [6.45, 7) is 8.20. The predicted molar refractivity (Wildman–Crippen MR) is 262 cm³/mol. The van der Waals surface area contributed by atoms with Gasteiger partial charge in [-0.2, -0.15) is 11.8 Å². The molecule has 0 aromatic heterocycles. The molecule has 8 nitrogen and oxygen atoms in total. The zero-order valence-corrected chi connectivity index (χ0v) is 39.8. The van der Waals surface area contributed by atoms with Crippen LogP contribution in [-0.2, 0) is 41.8 Å². The van der Waals surface area contributed by atoms with Crippen LogP contribution < -0.4 is 9.47 Å². The Bertz CT molecular complexity index is 2020. The molecule has 2 aliphatic rings. The molecule has 0 saturated heterocycles. The fourth-order valence-electron chi connectivity index (χ4n) is 8.24. The summed E-state index contributed by atoms with van der Waals surface area (Å²) < 4.78 is 19.8. The lowest BCUT2D eigenvalue weighted by Crippen LogP contribution is -2.37. The molecule has 0 heterocycles. The molecular formula is C53H72O8S2. The minimum atomic E-state index is -0.647. The summed E-state index contributed by atoms with van der Waals surface area (Å²) in [5.74, 6) is 2.26. The molecule has 6 rings (SSSR count). The normalized spacial score (nSPS) is 15.4. The third-order valence-electron chi connectivity index (χ3n) is 12.1. The highest BCUT2D eigenvalue weighted by atomic mass is 32.2. The zero-order chi connectivity index (χ0) is 45.1. The van der Waals surface area contributed by atoms with Crippen molar-refractivity contribution in [1.29, 1.82) is 0 Å². The van der Waals surface area contributed by atoms with Crippen LogP contribution in [0.2, 0.25) is 0 Å². The number of benzene rings is 4. The number of hydrogen-bond donors (Lipinski definition) is 1. The first-order chi connectivity index (χ1) is 29.8. The van der Waals surface area contributed by atoms with Crippen LogP contribution in [0, 0.1) is 27.7 Å². The SMILES string of the molecule is C.COC(=O)C(CC1(SCc2ccc(OC)cc2)CCCCC1)c1cc(C)ccc1C.COC(=O)Cc1cc(C)ccc1C.COc1ccc(CSC2(C(=O)O)CCCCC2)cc1. The van der Waals surface area contributed by atoms with Crippen molar-refractivity contribution in [2.24, 2.45) is 0 Å². The molecule has 0 radical (unpaired) electrons. The average molecular weight is 901 g/mol. The van der Waals surface area contributed by atoms with E-state index in [1.165, 1.54) is 55.7 Å². The van der Waals surface area contributed by atoms with Crippen molar-refractivity contribution in [1.82, 2.24) is 0 Å². The Morgan fingerprint density at radius 3 is 1.60 bits per heavy atom. The molecule has 0 amide bonds. The fourth-order valence-corrected chi connectivity index (χ4v) is 11.1. The van der Waals surface area contributed by atoms with Crippen molar-refractivity contribution >= 4 is 41.4 Å². The van der Waals surface area contributed by atoms with Gasteiger partial charge < -0.3 is 24.1 Å². The first-order valence-electron chi connectivity index (χ1n) is 21.8. The Labute approximate surface area is 386 Å². The average Bonchev–Trinajstić information content (AvgIpc) is 3.30. The maximum atomic E-state index is 12.9. The monoisotopic (exact) mass is 900 g/mol. The van der Waals surface area contributed by atoms with Crippen molar-refractivity contribution in [3.63, 3.8) is 0 Å². The second kappa shape index (κ2) is 26.4. The second-order valence-corrected chi connectivity index (χ2v) is 19.5. The number of methoxy groups -OCH3 is 4. The molecule has 4 aromatic carbocycles. The smallest absolute Gasteiger partial charge is 0.319 e. The molecule has 0 bridgehead atoms. The number of carbonyl (C=O) groups is 3. The number of ether oxygens (including phenoxy) is 4. The van der Waals surface area contributed by atoms with Gasteiger partial charge in [-0.1, -0.05) is 118 Å². The van der Waals surface area contributed by atoms with Gasteiger partial charge in [-0.3, -0.25) is 14.4 Å². The number of aliphatic carboxylic acids is 1. The van der Waals surface area contributed by atoms with Gasteiger partial charge in [0.25, 0.3) is 0 Å². The molecule has 4 aromatic rings. The molecule has 0 spiro atoms. The summed E-state index contributed by atoms with van der Waals surface area (Å²) in [7, 11) is 6.26. The Balaban J connectivity index is 0.000000274. The standard InChI is InChI=1S/C26H34O3S.C15H20O3S.C11H14O2.CH4/c1-19-8-9-20(2)23(16-19)24(25(27)29-4)17-26(14-6-5-7-15-26)30-18-21-10-12-22(28-3)13-11-21;1-18-13-7-5-12(6-8-13)11-19-15(14(16)17)9-3-2-4-10-15;1-8-4-5-9(2)10(6-8)7-11(12)13-3;/h8-13,16,24H,5-7,14-15,17-18H2,1-4H3;5-8H,2-4,9-11H2,1H3,(H,16,17);4-6H,7H2,1-3H3;1H4.